The Labute approximate surface area is 249 Å². The molecule has 1 heterocycles. The first kappa shape index (κ1) is 30.0. The Bertz CT molecular complexity index is 1440. The monoisotopic (exact) mass is 598 g/mol. The molecule has 0 N–H and O–H groups in total. The second kappa shape index (κ2) is 14.1. The molecule has 0 fully saturated rings. The first-order valence-corrected chi connectivity index (χ1v) is 13.7. The van der Waals surface area contributed by atoms with E-state index in [9.17, 15) is 0 Å². The van der Waals surface area contributed by atoms with Crippen LogP contribution < -0.4 is 28.6 Å². The lowest BCUT2D eigenvalue weighted by molar-refractivity contribution is 0.340. The van der Waals surface area contributed by atoms with Crippen LogP contribution in [0.5, 0.6) is 28.7 Å². The molecule has 0 spiro atoms. The van der Waals surface area contributed by atoms with Crippen LogP contribution in [-0.2, 0) is 6.42 Å². The number of hydrogen-bond acceptors (Lipinski definition) is 9. The van der Waals surface area contributed by atoms with Crippen molar-refractivity contribution >= 4 is 29.2 Å². The van der Waals surface area contributed by atoms with Gasteiger partial charge in [0.15, 0.2) is 11.5 Å². The number of halogens is 2. The maximum absolute atomic E-state index is 6.27. The molecule has 41 heavy (non-hydrogen) atoms. The number of ether oxygens (including phenoxy) is 5. The van der Waals surface area contributed by atoms with E-state index in [1.807, 2.05) is 72.5 Å². The highest BCUT2D eigenvalue weighted by Gasteiger charge is 2.29. The van der Waals surface area contributed by atoms with Crippen LogP contribution in [0.2, 0.25) is 10.6 Å². The molecule has 0 aliphatic rings. The van der Waals surface area contributed by atoms with Gasteiger partial charge in [-0.05, 0) is 84.1 Å². The zero-order chi connectivity index (χ0) is 29.4. The molecule has 1 atom stereocenters. The summed E-state index contributed by atoms with van der Waals surface area (Å²) in [5.41, 5.74) is 2.82. The third-order valence-corrected chi connectivity index (χ3v) is 6.81. The molecule has 3 aromatic carbocycles. The van der Waals surface area contributed by atoms with Crippen LogP contribution in [0.1, 0.15) is 29.7 Å². The third kappa shape index (κ3) is 7.23. The molecule has 4 rings (SSSR count). The summed E-state index contributed by atoms with van der Waals surface area (Å²) in [4.78, 5) is 14.9. The Morgan fingerprint density at radius 1 is 0.707 bits per heavy atom. The second-order valence-corrected chi connectivity index (χ2v) is 9.49. The molecule has 4 aromatic rings. The minimum Gasteiger partial charge on any atom is -0.497 e. The Morgan fingerprint density at radius 3 is 1.98 bits per heavy atom. The van der Waals surface area contributed by atoms with E-state index in [-0.39, 0.29) is 10.6 Å². The van der Waals surface area contributed by atoms with Gasteiger partial charge in [-0.3, -0.25) is 0 Å². The zero-order valence-corrected chi connectivity index (χ0v) is 25.1. The van der Waals surface area contributed by atoms with Gasteiger partial charge in [0.1, 0.15) is 17.2 Å². The van der Waals surface area contributed by atoms with E-state index in [0.29, 0.717) is 48.5 Å². The van der Waals surface area contributed by atoms with E-state index in [1.54, 1.807) is 28.4 Å². The van der Waals surface area contributed by atoms with Crippen LogP contribution >= 0.6 is 23.2 Å². The molecule has 0 amide bonds. The van der Waals surface area contributed by atoms with Crippen molar-refractivity contribution in [1.29, 1.82) is 0 Å². The first-order valence-electron chi connectivity index (χ1n) is 12.9. The number of aromatic nitrogens is 3. The lowest BCUT2D eigenvalue weighted by Crippen LogP contribution is -2.33. The molecule has 0 aliphatic carbocycles. The molecule has 0 radical (unpaired) electrons. The van der Waals surface area contributed by atoms with Crippen molar-refractivity contribution in [2.24, 2.45) is 0 Å². The topological polar surface area (TPSA) is 88.1 Å². The van der Waals surface area contributed by atoms with E-state index in [1.165, 1.54) is 0 Å². The maximum Gasteiger partial charge on any atom is 0.231 e. The van der Waals surface area contributed by atoms with Crippen molar-refractivity contribution in [3.8, 4) is 28.7 Å². The van der Waals surface area contributed by atoms with E-state index in [2.05, 4.69) is 15.0 Å². The molecule has 1 aromatic heterocycles. The van der Waals surface area contributed by atoms with Crippen molar-refractivity contribution in [2.45, 2.75) is 19.4 Å². The van der Waals surface area contributed by atoms with Crippen molar-refractivity contribution in [3.05, 3.63) is 87.9 Å². The Hall–Kier alpha value is -3.95. The zero-order valence-electron chi connectivity index (χ0n) is 23.6. The van der Waals surface area contributed by atoms with Gasteiger partial charge >= 0.3 is 0 Å². The SMILES string of the molecule is CCOc1ccc(C(c2ccc(OC)cc2OC)N(CCc2ccc(OC)c(OC)c2)c2nc(Cl)nc(Cl)n2)cc1. The van der Waals surface area contributed by atoms with E-state index < -0.39 is 6.04 Å². The largest absolute Gasteiger partial charge is 0.497 e. The highest BCUT2D eigenvalue weighted by molar-refractivity contribution is 6.31. The van der Waals surface area contributed by atoms with Crippen LogP contribution in [0, 0.1) is 0 Å². The predicted octanol–water partition coefficient (Wildman–Crippen LogP) is 6.45. The molecule has 11 heteroatoms. The lowest BCUT2D eigenvalue weighted by Gasteiger charge is -2.34. The van der Waals surface area contributed by atoms with Gasteiger partial charge in [0, 0.05) is 18.2 Å². The summed E-state index contributed by atoms with van der Waals surface area (Å²) in [6.07, 6.45) is 0.604. The molecule has 0 saturated heterocycles. The summed E-state index contributed by atoms with van der Waals surface area (Å²) in [5.74, 6) is 3.67. The summed E-state index contributed by atoms with van der Waals surface area (Å²) in [5, 5.41) is -0.0217. The fraction of sp³-hybridized carbons (Fsp3) is 0.300. The highest BCUT2D eigenvalue weighted by Crippen LogP contribution is 2.39. The quantitative estimate of drug-likeness (QED) is 0.172. The maximum atomic E-state index is 6.27. The van der Waals surface area contributed by atoms with Crippen LogP contribution in [0.4, 0.5) is 5.95 Å². The summed E-state index contributed by atoms with van der Waals surface area (Å²) in [7, 11) is 6.46. The second-order valence-electron chi connectivity index (χ2n) is 8.82. The smallest absolute Gasteiger partial charge is 0.231 e. The average Bonchev–Trinajstić information content (AvgIpc) is 2.99. The van der Waals surface area contributed by atoms with Gasteiger partial charge in [0.05, 0.1) is 41.1 Å². The molecular formula is C30H32Cl2N4O5. The molecule has 1 unspecified atom stereocenters. The van der Waals surface area contributed by atoms with Crippen LogP contribution in [0.3, 0.4) is 0 Å². The fourth-order valence-electron chi connectivity index (χ4n) is 4.56. The first-order chi connectivity index (χ1) is 19.9. The van der Waals surface area contributed by atoms with Gasteiger partial charge in [-0.25, -0.2) is 0 Å². The van der Waals surface area contributed by atoms with Crippen LogP contribution in [0.25, 0.3) is 0 Å². The van der Waals surface area contributed by atoms with Gasteiger partial charge in [0.2, 0.25) is 16.5 Å². The third-order valence-electron chi connectivity index (χ3n) is 6.47. The normalized spacial score (nSPS) is 11.5. The average molecular weight is 600 g/mol. The minimum atomic E-state index is -0.416. The summed E-state index contributed by atoms with van der Waals surface area (Å²) >= 11 is 12.5. The number of nitrogens with zero attached hydrogens (tertiary/aromatic N) is 4. The number of rotatable bonds is 13. The van der Waals surface area contributed by atoms with Crippen molar-refractivity contribution in [2.75, 3.05) is 46.5 Å². The summed E-state index contributed by atoms with van der Waals surface area (Å²) in [6, 6.07) is 19.0. The number of anilines is 1. The molecule has 216 valence electrons. The van der Waals surface area contributed by atoms with E-state index >= 15 is 0 Å². The number of methoxy groups -OCH3 is 4. The molecular weight excluding hydrogens is 567 g/mol. The van der Waals surface area contributed by atoms with Crippen molar-refractivity contribution in [3.63, 3.8) is 0 Å². The molecule has 9 nitrogen and oxygen atoms in total. The molecule has 0 aliphatic heterocycles. The van der Waals surface area contributed by atoms with Crippen molar-refractivity contribution in [1.82, 2.24) is 15.0 Å². The Kier molecular flexibility index (Phi) is 10.3. The van der Waals surface area contributed by atoms with Gasteiger partial charge in [0.25, 0.3) is 0 Å². The summed E-state index contributed by atoms with van der Waals surface area (Å²) in [6.45, 7) is 2.98. The minimum absolute atomic E-state index is 0.0109. The van der Waals surface area contributed by atoms with E-state index in [0.717, 1.165) is 22.4 Å². The molecule has 0 saturated carbocycles. The fourth-order valence-corrected chi connectivity index (χ4v) is 4.91. The van der Waals surface area contributed by atoms with Gasteiger partial charge in [-0.2, -0.15) is 15.0 Å². The predicted molar refractivity (Wildman–Crippen MR) is 159 cm³/mol. The Morgan fingerprint density at radius 2 is 1.37 bits per heavy atom. The Balaban J connectivity index is 1.86. The van der Waals surface area contributed by atoms with Crippen LogP contribution in [0.15, 0.2) is 60.7 Å². The van der Waals surface area contributed by atoms with Gasteiger partial charge in [-0.1, -0.05) is 18.2 Å². The number of hydrogen-bond donors (Lipinski definition) is 0. The lowest BCUT2D eigenvalue weighted by atomic mass is 9.95. The number of benzene rings is 3. The highest BCUT2D eigenvalue weighted by atomic mass is 35.5. The standard InChI is InChI=1S/C30H32Cl2N4O5/c1-6-41-21-10-8-20(9-11-21)27(23-13-12-22(37-2)18-25(23)39-4)36(30-34-28(31)33-29(32)35-30)16-15-19-7-14-24(38-3)26(17-19)40-5/h7-14,17-18,27H,6,15-16H2,1-5H3. The van der Waals surface area contributed by atoms with Crippen molar-refractivity contribution < 1.29 is 23.7 Å². The van der Waals surface area contributed by atoms with Gasteiger partial charge < -0.3 is 28.6 Å². The summed E-state index contributed by atoms with van der Waals surface area (Å²) < 4.78 is 27.9. The van der Waals surface area contributed by atoms with Gasteiger partial charge in [-0.15, -0.1) is 0 Å². The van der Waals surface area contributed by atoms with Crippen LogP contribution in [-0.4, -0.2) is 56.5 Å². The van der Waals surface area contributed by atoms with E-state index in [4.69, 9.17) is 46.9 Å². The molecule has 0 bridgehead atoms.